The van der Waals surface area contributed by atoms with Gasteiger partial charge in [-0.15, -0.1) is 0 Å². The maximum Gasteiger partial charge on any atom is 0.272 e. The van der Waals surface area contributed by atoms with Gasteiger partial charge in [-0.25, -0.2) is 0 Å². The Morgan fingerprint density at radius 3 is 2.50 bits per heavy atom. The first-order chi connectivity index (χ1) is 8.49. The zero-order valence-corrected chi connectivity index (χ0v) is 10.8. The lowest BCUT2D eigenvalue weighted by molar-refractivity contribution is 0.0907. The van der Waals surface area contributed by atoms with E-state index in [1.165, 1.54) is 0 Å². The number of amides is 1. The van der Waals surface area contributed by atoms with Crippen LogP contribution in [0.3, 0.4) is 0 Å². The molecule has 0 unspecified atom stereocenters. The minimum atomic E-state index is -0.425. The molecule has 4 nitrogen and oxygen atoms in total. The topological polar surface area (TPSA) is 57.8 Å². The van der Waals surface area contributed by atoms with Crippen LogP contribution in [0.4, 0.5) is 0 Å². The lowest BCUT2D eigenvalue weighted by Gasteiger charge is -2.26. The second-order valence-corrected chi connectivity index (χ2v) is 4.88. The molecule has 0 atom stereocenters. The second-order valence-electron chi connectivity index (χ2n) is 4.88. The Balaban J connectivity index is 2.16. The molecule has 0 radical (unpaired) electrons. The van der Waals surface area contributed by atoms with E-state index in [0.29, 0.717) is 5.69 Å². The van der Waals surface area contributed by atoms with Crippen LogP contribution in [-0.4, -0.2) is 16.1 Å². The summed E-state index contributed by atoms with van der Waals surface area (Å²) in [6, 6.07) is 11.6. The number of H-pyrrole nitrogens is 1. The van der Waals surface area contributed by atoms with Crippen molar-refractivity contribution in [1.29, 1.82) is 0 Å². The molecule has 0 fully saturated rings. The molecule has 0 spiro atoms. The zero-order chi connectivity index (χ0) is 13.2. The summed E-state index contributed by atoms with van der Waals surface area (Å²) in [5.74, 6) is -0.173. The Hall–Kier alpha value is -2.10. The first-order valence-electron chi connectivity index (χ1n) is 5.89. The molecule has 0 saturated carbocycles. The highest BCUT2D eigenvalue weighted by Gasteiger charge is 2.24. The highest BCUT2D eigenvalue weighted by molar-refractivity contribution is 5.92. The maximum absolute atomic E-state index is 12.1. The molecule has 2 aromatic rings. The molecular weight excluding hydrogens is 226 g/mol. The van der Waals surface area contributed by atoms with Crippen LogP contribution in [0.5, 0.6) is 0 Å². The Kier molecular flexibility index (Phi) is 3.19. The summed E-state index contributed by atoms with van der Waals surface area (Å²) in [6.07, 6.45) is 0. The molecule has 4 heteroatoms. The van der Waals surface area contributed by atoms with Crippen LogP contribution < -0.4 is 5.32 Å². The molecule has 2 N–H and O–H groups in total. The zero-order valence-electron chi connectivity index (χ0n) is 10.8. The highest BCUT2D eigenvalue weighted by atomic mass is 16.2. The van der Waals surface area contributed by atoms with Gasteiger partial charge in [-0.1, -0.05) is 30.3 Å². The number of aryl methyl sites for hydroxylation is 1. The molecule has 1 amide bonds. The van der Waals surface area contributed by atoms with Crippen molar-refractivity contribution in [3.8, 4) is 0 Å². The Morgan fingerprint density at radius 1 is 1.28 bits per heavy atom. The van der Waals surface area contributed by atoms with Gasteiger partial charge in [0.05, 0.1) is 5.54 Å². The molecule has 94 valence electrons. The van der Waals surface area contributed by atoms with Crippen molar-refractivity contribution in [1.82, 2.24) is 15.5 Å². The average Bonchev–Trinajstić information content (AvgIpc) is 2.77. The summed E-state index contributed by atoms with van der Waals surface area (Å²) in [4.78, 5) is 12.1. The molecule has 0 aliphatic carbocycles. The number of rotatable bonds is 3. The van der Waals surface area contributed by atoms with Gasteiger partial charge in [0.2, 0.25) is 0 Å². The van der Waals surface area contributed by atoms with Gasteiger partial charge in [0.15, 0.2) is 0 Å². The Labute approximate surface area is 106 Å². The third-order valence-corrected chi connectivity index (χ3v) is 2.86. The Morgan fingerprint density at radius 2 is 1.94 bits per heavy atom. The molecule has 18 heavy (non-hydrogen) atoms. The lowest BCUT2D eigenvalue weighted by Crippen LogP contribution is -2.41. The fourth-order valence-electron chi connectivity index (χ4n) is 1.81. The van der Waals surface area contributed by atoms with Gasteiger partial charge < -0.3 is 5.32 Å². The van der Waals surface area contributed by atoms with E-state index < -0.39 is 5.54 Å². The third kappa shape index (κ3) is 2.59. The lowest BCUT2D eigenvalue weighted by atomic mass is 9.94. The van der Waals surface area contributed by atoms with Gasteiger partial charge in [-0.3, -0.25) is 9.89 Å². The fraction of sp³-hybridized carbons (Fsp3) is 0.286. The van der Waals surface area contributed by atoms with E-state index in [-0.39, 0.29) is 5.91 Å². The second kappa shape index (κ2) is 4.64. The SMILES string of the molecule is Cc1cc(C(=O)NC(C)(C)c2ccccc2)n[nH]1. The number of nitrogens with zero attached hydrogens (tertiary/aromatic N) is 1. The number of hydrogen-bond donors (Lipinski definition) is 2. The monoisotopic (exact) mass is 243 g/mol. The Bertz CT molecular complexity index is 543. The number of aromatic nitrogens is 2. The molecule has 0 aliphatic heterocycles. The van der Waals surface area contributed by atoms with Crippen molar-refractivity contribution >= 4 is 5.91 Å². The van der Waals surface area contributed by atoms with Crippen molar-refractivity contribution in [2.24, 2.45) is 0 Å². The molecule has 1 aromatic carbocycles. The number of aromatic amines is 1. The summed E-state index contributed by atoms with van der Waals surface area (Å²) in [5.41, 5.74) is 1.92. The smallest absolute Gasteiger partial charge is 0.272 e. The fourth-order valence-corrected chi connectivity index (χ4v) is 1.81. The predicted octanol–water partition coefficient (Wildman–Crippen LogP) is 2.38. The summed E-state index contributed by atoms with van der Waals surface area (Å²) < 4.78 is 0. The number of benzene rings is 1. The quantitative estimate of drug-likeness (QED) is 0.869. The normalized spacial score (nSPS) is 11.3. The number of carbonyl (C=O) groups is 1. The molecular formula is C14H17N3O. The van der Waals surface area contributed by atoms with Crippen LogP contribution in [0.25, 0.3) is 0 Å². The summed E-state index contributed by atoms with van der Waals surface area (Å²) in [7, 11) is 0. The largest absolute Gasteiger partial charge is 0.342 e. The van der Waals surface area contributed by atoms with Crippen molar-refractivity contribution < 1.29 is 4.79 Å². The van der Waals surface area contributed by atoms with Crippen molar-refractivity contribution in [2.75, 3.05) is 0 Å². The maximum atomic E-state index is 12.1. The molecule has 2 rings (SSSR count). The molecule has 0 saturated heterocycles. The van der Waals surface area contributed by atoms with E-state index in [0.717, 1.165) is 11.3 Å². The minimum Gasteiger partial charge on any atom is -0.342 e. The van der Waals surface area contributed by atoms with E-state index in [9.17, 15) is 4.79 Å². The van der Waals surface area contributed by atoms with Crippen LogP contribution in [0.15, 0.2) is 36.4 Å². The van der Waals surface area contributed by atoms with Crippen molar-refractivity contribution in [3.05, 3.63) is 53.3 Å². The summed E-state index contributed by atoms with van der Waals surface area (Å²) in [6.45, 7) is 5.81. The van der Waals surface area contributed by atoms with Gasteiger partial charge in [-0.05, 0) is 32.4 Å². The number of nitrogens with one attached hydrogen (secondary N) is 2. The standard InChI is InChI=1S/C14H17N3O/c1-10-9-12(17-16-10)13(18)15-14(2,3)11-7-5-4-6-8-11/h4-9H,1-3H3,(H,15,18)(H,16,17). The molecule has 1 aromatic heterocycles. The van der Waals surface area contributed by atoms with Crippen LogP contribution in [0, 0.1) is 6.92 Å². The van der Waals surface area contributed by atoms with E-state index in [1.807, 2.05) is 51.1 Å². The van der Waals surface area contributed by atoms with Crippen molar-refractivity contribution in [2.45, 2.75) is 26.3 Å². The predicted molar refractivity (Wildman–Crippen MR) is 70.3 cm³/mol. The summed E-state index contributed by atoms with van der Waals surface area (Å²) in [5, 5.41) is 9.70. The third-order valence-electron chi connectivity index (χ3n) is 2.86. The molecule has 1 heterocycles. The van der Waals surface area contributed by atoms with E-state index >= 15 is 0 Å². The molecule has 0 bridgehead atoms. The van der Waals surface area contributed by atoms with Gasteiger partial charge in [-0.2, -0.15) is 5.10 Å². The molecule has 0 aliphatic rings. The van der Waals surface area contributed by atoms with Gasteiger partial charge in [0, 0.05) is 5.69 Å². The van der Waals surface area contributed by atoms with E-state index in [2.05, 4.69) is 15.5 Å². The van der Waals surface area contributed by atoms with Crippen LogP contribution >= 0.6 is 0 Å². The van der Waals surface area contributed by atoms with Gasteiger partial charge in [0.25, 0.3) is 5.91 Å². The van der Waals surface area contributed by atoms with Crippen LogP contribution in [-0.2, 0) is 5.54 Å². The van der Waals surface area contributed by atoms with Gasteiger partial charge >= 0.3 is 0 Å². The van der Waals surface area contributed by atoms with E-state index in [1.54, 1.807) is 6.07 Å². The average molecular weight is 243 g/mol. The minimum absolute atomic E-state index is 0.173. The first-order valence-corrected chi connectivity index (χ1v) is 5.89. The highest BCUT2D eigenvalue weighted by Crippen LogP contribution is 2.19. The summed E-state index contributed by atoms with van der Waals surface area (Å²) >= 11 is 0. The van der Waals surface area contributed by atoms with Crippen molar-refractivity contribution in [3.63, 3.8) is 0 Å². The van der Waals surface area contributed by atoms with E-state index in [4.69, 9.17) is 0 Å². The van der Waals surface area contributed by atoms with Crippen LogP contribution in [0.2, 0.25) is 0 Å². The first kappa shape index (κ1) is 12.4. The number of carbonyl (C=O) groups excluding carboxylic acids is 1. The number of hydrogen-bond acceptors (Lipinski definition) is 2. The van der Waals surface area contributed by atoms with Gasteiger partial charge in [0.1, 0.15) is 5.69 Å². The van der Waals surface area contributed by atoms with Crippen LogP contribution in [0.1, 0.15) is 35.6 Å².